The van der Waals surface area contributed by atoms with Gasteiger partial charge >= 0.3 is 6.18 Å². The highest BCUT2D eigenvalue weighted by atomic mass is 35.5. The number of anilines is 1. The van der Waals surface area contributed by atoms with Crippen molar-refractivity contribution in [1.29, 1.82) is 0 Å². The lowest BCUT2D eigenvalue weighted by atomic mass is 10.5. The second-order valence-electron chi connectivity index (χ2n) is 3.78. The SMILES string of the molecule is CCN(CC(F)(F)F)c1nc(Cl)nc(-n2cccn2)n1. The van der Waals surface area contributed by atoms with Gasteiger partial charge in [0.2, 0.25) is 11.2 Å². The fourth-order valence-corrected chi connectivity index (χ4v) is 1.65. The van der Waals surface area contributed by atoms with Gasteiger partial charge < -0.3 is 4.90 Å². The van der Waals surface area contributed by atoms with Crippen molar-refractivity contribution in [3.8, 4) is 5.95 Å². The number of hydrogen-bond acceptors (Lipinski definition) is 5. The molecule has 0 saturated carbocycles. The summed E-state index contributed by atoms with van der Waals surface area (Å²) in [6.45, 7) is 0.484. The Bertz CT molecular complexity index is 571. The van der Waals surface area contributed by atoms with E-state index in [-0.39, 0.29) is 23.7 Å². The van der Waals surface area contributed by atoms with Crippen LogP contribution in [0, 0.1) is 0 Å². The van der Waals surface area contributed by atoms with E-state index in [9.17, 15) is 13.2 Å². The van der Waals surface area contributed by atoms with Crippen molar-refractivity contribution in [2.45, 2.75) is 13.1 Å². The molecule has 0 aliphatic rings. The molecule has 2 aromatic heterocycles. The molecular weight excluding hydrogens is 297 g/mol. The van der Waals surface area contributed by atoms with Gasteiger partial charge in [-0.2, -0.15) is 33.2 Å². The van der Waals surface area contributed by atoms with Crippen LogP contribution in [-0.4, -0.2) is 44.0 Å². The molecule has 0 aromatic carbocycles. The van der Waals surface area contributed by atoms with Crippen molar-refractivity contribution < 1.29 is 13.2 Å². The Morgan fingerprint density at radius 2 is 2.05 bits per heavy atom. The highest BCUT2D eigenvalue weighted by molar-refractivity contribution is 6.28. The van der Waals surface area contributed by atoms with Gasteiger partial charge in [-0.15, -0.1) is 0 Å². The van der Waals surface area contributed by atoms with E-state index in [4.69, 9.17) is 11.6 Å². The molecule has 0 amide bonds. The molecule has 0 saturated heterocycles. The smallest absolute Gasteiger partial charge is 0.332 e. The molecule has 0 radical (unpaired) electrons. The summed E-state index contributed by atoms with van der Waals surface area (Å²) in [7, 11) is 0. The van der Waals surface area contributed by atoms with Crippen LogP contribution in [0.1, 0.15) is 6.92 Å². The highest BCUT2D eigenvalue weighted by Crippen LogP contribution is 2.20. The largest absolute Gasteiger partial charge is 0.406 e. The third-order valence-electron chi connectivity index (χ3n) is 2.33. The molecule has 108 valence electrons. The summed E-state index contributed by atoms with van der Waals surface area (Å²) >= 11 is 5.73. The van der Waals surface area contributed by atoms with Crippen LogP contribution in [0.4, 0.5) is 19.1 Å². The Balaban J connectivity index is 2.36. The average Bonchev–Trinajstić information content (AvgIpc) is 2.88. The summed E-state index contributed by atoms with van der Waals surface area (Å²) in [4.78, 5) is 12.5. The molecule has 0 unspecified atom stereocenters. The van der Waals surface area contributed by atoms with Crippen LogP contribution in [-0.2, 0) is 0 Å². The van der Waals surface area contributed by atoms with Gasteiger partial charge in [0.05, 0.1) is 0 Å². The Morgan fingerprint density at radius 3 is 2.60 bits per heavy atom. The molecule has 10 heteroatoms. The predicted molar refractivity (Wildman–Crippen MR) is 65.9 cm³/mol. The molecule has 0 aliphatic carbocycles. The number of halogens is 4. The third-order valence-corrected chi connectivity index (χ3v) is 2.50. The molecule has 0 aliphatic heterocycles. The van der Waals surface area contributed by atoms with E-state index in [1.54, 1.807) is 19.2 Å². The lowest BCUT2D eigenvalue weighted by molar-refractivity contribution is -0.119. The fraction of sp³-hybridized carbons (Fsp3) is 0.400. The molecule has 0 atom stereocenters. The molecular formula is C10H10ClF3N6. The maximum absolute atomic E-state index is 12.5. The van der Waals surface area contributed by atoms with Gasteiger partial charge in [-0.3, -0.25) is 0 Å². The van der Waals surface area contributed by atoms with Gasteiger partial charge in [-0.05, 0) is 24.6 Å². The lowest BCUT2D eigenvalue weighted by Crippen LogP contribution is -2.35. The quantitative estimate of drug-likeness (QED) is 0.865. The van der Waals surface area contributed by atoms with Crippen molar-refractivity contribution in [2.75, 3.05) is 18.0 Å². The number of rotatable bonds is 4. The Hall–Kier alpha value is -1.90. The summed E-state index contributed by atoms with van der Waals surface area (Å²) in [5, 5.41) is 3.70. The van der Waals surface area contributed by atoms with Gasteiger partial charge in [0.15, 0.2) is 0 Å². The number of hydrogen-bond donors (Lipinski definition) is 0. The Labute approximate surface area is 117 Å². The average molecular weight is 307 g/mol. The van der Waals surface area contributed by atoms with E-state index in [1.165, 1.54) is 10.9 Å². The molecule has 2 rings (SSSR count). The van der Waals surface area contributed by atoms with E-state index in [2.05, 4.69) is 20.1 Å². The fourth-order valence-electron chi connectivity index (χ4n) is 1.50. The second-order valence-corrected chi connectivity index (χ2v) is 4.12. The molecule has 2 aromatic rings. The van der Waals surface area contributed by atoms with E-state index in [0.29, 0.717) is 0 Å². The third kappa shape index (κ3) is 3.56. The standard InChI is InChI=1S/C10H10ClF3N6/c1-2-19(6-10(12,13)14)8-16-7(11)17-9(18-8)20-5-3-4-15-20/h3-5H,2,6H2,1H3. The van der Waals surface area contributed by atoms with Crippen molar-refractivity contribution in [3.63, 3.8) is 0 Å². The molecule has 0 N–H and O–H groups in total. The molecule has 0 bridgehead atoms. The maximum Gasteiger partial charge on any atom is 0.406 e. The topological polar surface area (TPSA) is 59.7 Å². The number of aromatic nitrogens is 5. The predicted octanol–water partition coefficient (Wildman–Crippen LogP) is 2.10. The summed E-state index contributed by atoms with van der Waals surface area (Å²) in [6.07, 6.45) is -1.32. The first-order chi connectivity index (χ1) is 9.39. The zero-order chi connectivity index (χ0) is 14.8. The van der Waals surface area contributed by atoms with Gasteiger partial charge in [0.1, 0.15) is 6.54 Å². The summed E-state index contributed by atoms with van der Waals surface area (Å²) in [6, 6.07) is 1.63. The van der Waals surface area contributed by atoms with E-state index < -0.39 is 12.7 Å². The molecule has 0 fully saturated rings. The van der Waals surface area contributed by atoms with Crippen LogP contribution in [0.25, 0.3) is 5.95 Å². The van der Waals surface area contributed by atoms with Crippen LogP contribution >= 0.6 is 11.6 Å². The highest BCUT2D eigenvalue weighted by Gasteiger charge is 2.31. The van der Waals surface area contributed by atoms with Gasteiger partial charge in [0.25, 0.3) is 5.95 Å². The Kier molecular flexibility index (Phi) is 4.07. The van der Waals surface area contributed by atoms with Crippen LogP contribution in [0.2, 0.25) is 5.28 Å². The molecule has 0 spiro atoms. The summed E-state index contributed by atoms with van der Waals surface area (Å²) < 4.78 is 38.8. The van der Waals surface area contributed by atoms with Crippen molar-refractivity contribution in [1.82, 2.24) is 24.7 Å². The minimum atomic E-state index is -4.36. The van der Waals surface area contributed by atoms with Gasteiger partial charge in [-0.1, -0.05) is 0 Å². The maximum atomic E-state index is 12.5. The second kappa shape index (κ2) is 5.61. The van der Waals surface area contributed by atoms with Crippen LogP contribution in [0.3, 0.4) is 0 Å². The first kappa shape index (κ1) is 14.5. The molecule has 2 heterocycles. The summed E-state index contributed by atoms with van der Waals surface area (Å²) in [5.74, 6) is -0.0825. The van der Waals surface area contributed by atoms with E-state index in [1.807, 2.05) is 0 Å². The number of alkyl halides is 3. The number of nitrogens with zero attached hydrogens (tertiary/aromatic N) is 6. The first-order valence-electron chi connectivity index (χ1n) is 5.62. The van der Waals surface area contributed by atoms with Crippen LogP contribution in [0.5, 0.6) is 0 Å². The summed E-state index contributed by atoms with van der Waals surface area (Å²) in [5.41, 5.74) is 0. The zero-order valence-electron chi connectivity index (χ0n) is 10.3. The van der Waals surface area contributed by atoms with E-state index >= 15 is 0 Å². The Morgan fingerprint density at radius 1 is 1.30 bits per heavy atom. The molecule has 6 nitrogen and oxygen atoms in total. The monoisotopic (exact) mass is 306 g/mol. The zero-order valence-corrected chi connectivity index (χ0v) is 11.1. The normalized spacial score (nSPS) is 11.7. The first-order valence-corrected chi connectivity index (χ1v) is 6.00. The minimum Gasteiger partial charge on any atom is -0.332 e. The van der Waals surface area contributed by atoms with Crippen LogP contribution < -0.4 is 4.90 Å². The molecule has 20 heavy (non-hydrogen) atoms. The van der Waals surface area contributed by atoms with E-state index in [0.717, 1.165) is 4.90 Å². The van der Waals surface area contributed by atoms with Gasteiger partial charge in [-0.25, -0.2) is 4.68 Å². The van der Waals surface area contributed by atoms with Crippen molar-refractivity contribution in [3.05, 3.63) is 23.7 Å². The minimum absolute atomic E-state index is 0.0608. The van der Waals surface area contributed by atoms with Crippen molar-refractivity contribution >= 4 is 17.5 Å². The lowest BCUT2D eigenvalue weighted by Gasteiger charge is -2.22. The van der Waals surface area contributed by atoms with Gasteiger partial charge in [0, 0.05) is 18.9 Å². The van der Waals surface area contributed by atoms with Crippen molar-refractivity contribution in [2.24, 2.45) is 0 Å². The van der Waals surface area contributed by atoms with Crippen LogP contribution in [0.15, 0.2) is 18.5 Å².